The van der Waals surface area contributed by atoms with Gasteiger partial charge in [-0.2, -0.15) is 11.8 Å². The summed E-state index contributed by atoms with van der Waals surface area (Å²) < 4.78 is 0. The molecule has 0 aromatic heterocycles. The topological polar surface area (TPSA) is 36.4 Å². The average Bonchev–Trinajstić information content (AvgIpc) is 2.52. The van der Waals surface area contributed by atoms with Crippen LogP contribution in [0.5, 0.6) is 0 Å². The van der Waals surface area contributed by atoms with Gasteiger partial charge >= 0.3 is 0 Å². The summed E-state index contributed by atoms with van der Waals surface area (Å²) in [4.78, 5) is 4.64. The Labute approximate surface area is 134 Å². The Balaban J connectivity index is 2.21. The molecule has 4 heteroatoms. The number of hydrogen-bond acceptors (Lipinski definition) is 2. The Morgan fingerprint density at radius 1 is 1.10 bits per heavy atom. The zero-order chi connectivity index (χ0) is 15.2. The van der Waals surface area contributed by atoms with E-state index in [0.29, 0.717) is 0 Å². The summed E-state index contributed by atoms with van der Waals surface area (Å²) in [7, 11) is 0. The van der Waals surface area contributed by atoms with E-state index >= 15 is 0 Å². The molecule has 0 atom stereocenters. The third-order valence-corrected chi connectivity index (χ3v) is 3.85. The van der Waals surface area contributed by atoms with E-state index in [1.807, 2.05) is 11.8 Å². The van der Waals surface area contributed by atoms with Crippen LogP contribution in [0.25, 0.3) is 0 Å². The molecule has 0 aliphatic rings. The smallest absolute Gasteiger partial charge is 0.191 e. The summed E-state index contributed by atoms with van der Waals surface area (Å²) in [6, 6.07) is 10.6. The number of benzene rings is 1. The molecule has 0 amide bonds. The van der Waals surface area contributed by atoms with Gasteiger partial charge in [-0.25, -0.2) is 0 Å². The number of guanidine groups is 1. The first kappa shape index (κ1) is 17.9. The van der Waals surface area contributed by atoms with Crippen LogP contribution >= 0.6 is 11.8 Å². The van der Waals surface area contributed by atoms with Crippen LogP contribution in [-0.2, 0) is 6.42 Å². The monoisotopic (exact) mass is 307 g/mol. The molecule has 0 aliphatic carbocycles. The molecule has 0 unspecified atom stereocenters. The maximum Gasteiger partial charge on any atom is 0.191 e. The predicted molar refractivity (Wildman–Crippen MR) is 96.4 cm³/mol. The lowest BCUT2D eigenvalue weighted by Gasteiger charge is -2.11. The van der Waals surface area contributed by atoms with E-state index in [1.54, 1.807) is 0 Å². The van der Waals surface area contributed by atoms with Crippen LogP contribution < -0.4 is 10.6 Å². The van der Waals surface area contributed by atoms with Crippen molar-refractivity contribution >= 4 is 17.7 Å². The van der Waals surface area contributed by atoms with Crippen LogP contribution in [0.15, 0.2) is 35.3 Å². The zero-order valence-electron chi connectivity index (χ0n) is 13.4. The van der Waals surface area contributed by atoms with E-state index in [9.17, 15) is 0 Å². The van der Waals surface area contributed by atoms with Gasteiger partial charge in [0, 0.05) is 19.6 Å². The number of hydrogen-bond donors (Lipinski definition) is 2. The van der Waals surface area contributed by atoms with Crippen molar-refractivity contribution in [3.63, 3.8) is 0 Å². The van der Waals surface area contributed by atoms with E-state index in [1.165, 1.54) is 24.2 Å². The summed E-state index contributed by atoms with van der Waals surface area (Å²) >= 11 is 1.91. The lowest BCUT2D eigenvalue weighted by Crippen LogP contribution is -2.37. The van der Waals surface area contributed by atoms with Crippen molar-refractivity contribution < 1.29 is 0 Å². The molecule has 0 heterocycles. The van der Waals surface area contributed by atoms with Crippen LogP contribution in [0.3, 0.4) is 0 Å². The number of nitrogens with one attached hydrogen (secondary N) is 2. The minimum Gasteiger partial charge on any atom is -0.357 e. The molecule has 0 bridgehead atoms. The number of thioether (sulfide) groups is 1. The summed E-state index contributed by atoms with van der Waals surface area (Å²) in [6.45, 7) is 4.89. The van der Waals surface area contributed by atoms with Crippen molar-refractivity contribution in [1.29, 1.82) is 0 Å². The molecule has 0 fully saturated rings. The van der Waals surface area contributed by atoms with E-state index in [2.05, 4.69) is 59.1 Å². The Morgan fingerprint density at radius 3 is 2.62 bits per heavy atom. The molecule has 3 nitrogen and oxygen atoms in total. The lowest BCUT2D eigenvalue weighted by molar-refractivity contribution is 0.729. The Hall–Kier alpha value is -1.16. The van der Waals surface area contributed by atoms with Crippen molar-refractivity contribution in [1.82, 2.24) is 10.6 Å². The number of aliphatic imine (C=N–C) groups is 1. The first-order valence-corrected chi connectivity index (χ1v) is 9.31. The van der Waals surface area contributed by atoms with Crippen molar-refractivity contribution in [2.75, 3.05) is 31.6 Å². The highest BCUT2D eigenvalue weighted by atomic mass is 32.2. The molecule has 2 N–H and O–H groups in total. The normalized spacial score (nSPS) is 11.4. The Kier molecular flexibility index (Phi) is 10.7. The first-order chi connectivity index (χ1) is 10.4. The van der Waals surface area contributed by atoms with E-state index in [0.717, 1.165) is 38.4 Å². The summed E-state index contributed by atoms with van der Waals surface area (Å²) in [5.41, 5.74) is 1.39. The SMILES string of the molecule is CCNC(=NCCCc1ccccc1)NCCCCSC. The Bertz CT molecular complexity index is 379. The Morgan fingerprint density at radius 2 is 1.90 bits per heavy atom. The summed E-state index contributed by atoms with van der Waals surface area (Å²) in [5, 5.41) is 6.71. The van der Waals surface area contributed by atoms with Crippen molar-refractivity contribution in [3.8, 4) is 0 Å². The zero-order valence-corrected chi connectivity index (χ0v) is 14.2. The van der Waals surface area contributed by atoms with E-state index in [-0.39, 0.29) is 0 Å². The van der Waals surface area contributed by atoms with Gasteiger partial charge in [-0.1, -0.05) is 30.3 Å². The van der Waals surface area contributed by atoms with Gasteiger partial charge in [-0.15, -0.1) is 0 Å². The molecule has 0 aliphatic heterocycles. The fourth-order valence-corrected chi connectivity index (χ4v) is 2.53. The van der Waals surface area contributed by atoms with Crippen LogP contribution in [0.1, 0.15) is 31.7 Å². The maximum absolute atomic E-state index is 4.64. The summed E-state index contributed by atoms with van der Waals surface area (Å²) in [5.74, 6) is 2.20. The van der Waals surface area contributed by atoms with Gasteiger partial charge in [0.25, 0.3) is 0 Å². The quantitative estimate of drug-likeness (QED) is 0.395. The second kappa shape index (κ2) is 12.6. The van der Waals surface area contributed by atoms with Gasteiger partial charge in [0.2, 0.25) is 0 Å². The van der Waals surface area contributed by atoms with Gasteiger partial charge in [-0.05, 0) is 50.2 Å². The van der Waals surface area contributed by atoms with Gasteiger partial charge in [0.1, 0.15) is 0 Å². The van der Waals surface area contributed by atoms with Crippen molar-refractivity contribution in [2.45, 2.75) is 32.6 Å². The molecule has 21 heavy (non-hydrogen) atoms. The average molecular weight is 308 g/mol. The fraction of sp³-hybridized carbons (Fsp3) is 0.588. The highest BCUT2D eigenvalue weighted by Crippen LogP contribution is 2.02. The van der Waals surface area contributed by atoms with Crippen LogP contribution in [-0.4, -0.2) is 37.6 Å². The van der Waals surface area contributed by atoms with Gasteiger partial charge in [-0.3, -0.25) is 4.99 Å². The minimum atomic E-state index is 0.870. The van der Waals surface area contributed by atoms with Crippen LogP contribution in [0, 0.1) is 0 Å². The number of nitrogens with zero attached hydrogens (tertiary/aromatic N) is 1. The maximum atomic E-state index is 4.64. The molecule has 1 aromatic rings. The van der Waals surface area contributed by atoms with E-state index in [4.69, 9.17) is 0 Å². The lowest BCUT2D eigenvalue weighted by atomic mass is 10.1. The molecule has 0 radical (unpaired) electrons. The van der Waals surface area contributed by atoms with Crippen molar-refractivity contribution in [2.24, 2.45) is 4.99 Å². The minimum absolute atomic E-state index is 0.870. The second-order valence-electron chi connectivity index (χ2n) is 4.98. The van der Waals surface area contributed by atoms with E-state index < -0.39 is 0 Å². The van der Waals surface area contributed by atoms with Crippen molar-refractivity contribution in [3.05, 3.63) is 35.9 Å². The highest BCUT2D eigenvalue weighted by molar-refractivity contribution is 7.98. The second-order valence-corrected chi connectivity index (χ2v) is 5.96. The molecule has 0 saturated heterocycles. The van der Waals surface area contributed by atoms with Gasteiger partial charge < -0.3 is 10.6 Å². The number of rotatable bonds is 10. The van der Waals surface area contributed by atoms with Gasteiger partial charge in [0.15, 0.2) is 5.96 Å². The molecular weight excluding hydrogens is 278 g/mol. The molecule has 118 valence electrons. The number of unbranched alkanes of at least 4 members (excludes halogenated alkanes) is 1. The predicted octanol–water partition coefficient (Wildman–Crippen LogP) is 3.32. The molecule has 0 spiro atoms. The molecule has 1 aromatic carbocycles. The van der Waals surface area contributed by atoms with Crippen LogP contribution in [0.2, 0.25) is 0 Å². The molecular formula is C17H29N3S. The molecule has 1 rings (SSSR count). The first-order valence-electron chi connectivity index (χ1n) is 7.92. The highest BCUT2D eigenvalue weighted by Gasteiger charge is 1.97. The molecule has 0 saturated carbocycles. The largest absolute Gasteiger partial charge is 0.357 e. The third-order valence-electron chi connectivity index (χ3n) is 3.15. The summed E-state index contributed by atoms with van der Waals surface area (Å²) in [6.07, 6.45) is 6.81. The van der Waals surface area contributed by atoms with Crippen LogP contribution in [0.4, 0.5) is 0 Å². The standard InChI is InChI=1S/C17H29N3S/c1-3-18-17(19-13-7-8-15-21-2)20-14-9-12-16-10-5-4-6-11-16/h4-6,10-11H,3,7-9,12-15H2,1-2H3,(H2,18,19,20). The number of aryl methyl sites for hydroxylation is 1. The fourth-order valence-electron chi connectivity index (χ4n) is 2.04. The van der Waals surface area contributed by atoms with Gasteiger partial charge in [0.05, 0.1) is 0 Å². The third kappa shape index (κ3) is 9.40.